The Kier molecular flexibility index (Phi) is 3.31. The van der Waals surface area contributed by atoms with Gasteiger partial charge in [-0.05, 0) is 36.1 Å². The number of hydrogen-bond donors (Lipinski definition) is 0. The summed E-state index contributed by atoms with van der Waals surface area (Å²) in [5.41, 5.74) is 4.93. The van der Waals surface area contributed by atoms with Gasteiger partial charge in [-0.3, -0.25) is 0 Å². The molecule has 0 aliphatic heterocycles. The topological polar surface area (TPSA) is 0 Å². The largest absolute Gasteiger partial charge is 0.113 e. The lowest BCUT2D eigenvalue weighted by molar-refractivity contribution is 1.10. The minimum atomic E-state index is -0.0545. The van der Waals surface area contributed by atoms with Crippen molar-refractivity contribution in [2.24, 2.45) is 0 Å². The molecule has 1 unspecified atom stereocenters. The van der Waals surface area contributed by atoms with Crippen molar-refractivity contribution in [2.45, 2.75) is 19.2 Å². The summed E-state index contributed by atoms with van der Waals surface area (Å²) in [6.45, 7) is 4.25. The Morgan fingerprint density at radius 2 is 1.56 bits per heavy atom. The van der Waals surface area contributed by atoms with Gasteiger partial charge in [0.25, 0.3) is 0 Å². The van der Waals surface area contributed by atoms with E-state index in [4.69, 9.17) is 11.6 Å². The van der Waals surface area contributed by atoms with Gasteiger partial charge in [-0.25, -0.2) is 0 Å². The van der Waals surface area contributed by atoms with Crippen LogP contribution in [0.15, 0.2) is 48.5 Å². The standard InChI is InChI=1S/C15H15Cl/c1-11-7-6-10-14(12(11)2)15(16)13-8-4-3-5-9-13/h3-10,15H,1-2H3. The first-order valence-corrected chi connectivity index (χ1v) is 5.89. The van der Waals surface area contributed by atoms with Crippen molar-refractivity contribution in [2.75, 3.05) is 0 Å². The van der Waals surface area contributed by atoms with E-state index in [1.807, 2.05) is 18.2 Å². The van der Waals surface area contributed by atoms with Gasteiger partial charge < -0.3 is 0 Å². The normalized spacial score (nSPS) is 12.4. The van der Waals surface area contributed by atoms with Crippen LogP contribution in [-0.4, -0.2) is 0 Å². The summed E-state index contributed by atoms with van der Waals surface area (Å²) in [5, 5.41) is -0.0545. The highest BCUT2D eigenvalue weighted by molar-refractivity contribution is 6.22. The van der Waals surface area contributed by atoms with E-state index in [0.29, 0.717) is 0 Å². The predicted molar refractivity (Wildman–Crippen MR) is 70.1 cm³/mol. The smallest absolute Gasteiger partial charge is 0.0838 e. The van der Waals surface area contributed by atoms with E-state index in [-0.39, 0.29) is 5.38 Å². The van der Waals surface area contributed by atoms with E-state index < -0.39 is 0 Å². The van der Waals surface area contributed by atoms with Crippen molar-refractivity contribution in [3.63, 3.8) is 0 Å². The molecule has 0 bridgehead atoms. The summed E-state index contributed by atoms with van der Waals surface area (Å²) in [4.78, 5) is 0. The monoisotopic (exact) mass is 230 g/mol. The zero-order valence-corrected chi connectivity index (χ0v) is 10.3. The molecule has 1 heteroatoms. The minimum Gasteiger partial charge on any atom is -0.113 e. The van der Waals surface area contributed by atoms with Crippen molar-refractivity contribution >= 4 is 11.6 Å². The van der Waals surface area contributed by atoms with Crippen LogP contribution in [0.2, 0.25) is 0 Å². The fourth-order valence-electron chi connectivity index (χ4n) is 1.85. The molecule has 0 radical (unpaired) electrons. The molecule has 2 aromatic rings. The summed E-state index contributed by atoms with van der Waals surface area (Å²) >= 11 is 6.51. The summed E-state index contributed by atoms with van der Waals surface area (Å²) in [6.07, 6.45) is 0. The average Bonchev–Trinajstić information content (AvgIpc) is 2.33. The molecule has 1 atom stereocenters. The first-order valence-electron chi connectivity index (χ1n) is 5.45. The molecule has 2 aromatic carbocycles. The number of benzene rings is 2. The van der Waals surface area contributed by atoms with Crippen molar-refractivity contribution in [1.29, 1.82) is 0 Å². The number of aryl methyl sites for hydroxylation is 1. The Balaban J connectivity index is 2.42. The van der Waals surface area contributed by atoms with E-state index in [0.717, 1.165) is 5.56 Å². The molecule has 0 saturated carbocycles. The first kappa shape index (κ1) is 11.2. The molecule has 0 N–H and O–H groups in total. The van der Waals surface area contributed by atoms with Crippen LogP contribution in [0.5, 0.6) is 0 Å². The maximum absolute atomic E-state index is 6.51. The van der Waals surface area contributed by atoms with Gasteiger partial charge in [-0.15, -0.1) is 11.6 Å². The Bertz CT molecular complexity index is 474. The van der Waals surface area contributed by atoms with Crippen molar-refractivity contribution in [1.82, 2.24) is 0 Å². The maximum atomic E-state index is 6.51. The zero-order chi connectivity index (χ0) is 11.5. The number of hydrogen-bond acceptors (Lipinski definition) is 0. The molecule has 0 nitrogen and oxygen atoms in total. The van der Waals surface area contributed by atoms with Crippen LogP contribution in [0.4, 0.5) is 0 Å². The molecule has 0 aliphatic carbocycles. The molecule has 0 aliphatic rings. The van der Waals surface area contributed by atoms with Crippen LogP contribution < -0.4 is 0 Å². The summed E-state index contributed by atoms with van der Waals surface area (Å²) in [7, 11) is 0. The molecule has 0 saturated heterocycles. The van der Waals surface area contributed by atoms with Crippen LogP contribution in [0.3, 0.4) is 0 Å². The number of halogens is 1. The van der Waals surface area contributed by atoms with Gasteiger partial charge in [-0.2, -0.15) is 0 Å². The van der Waals surface area contributed by atoms with E-state index in [1.54, 1.807) is 0 Å². The van der Waals surface area contributed by atoms with Crippen LogP contribution >= 0.6 is 11.6 Å². The fourth-order valence-corrected chi connectivity index (χ4v) is 2.23. The van der Waals surface area contributed by atoms with Crippen molar-refractivity contribution in [3.8, 4) is 0 Å². The Labute approximate surface area is 102 Å². The molecular formula is C15H15Cl. The SMILES string of the molecule is Cc1cccc(C(Cl)c2ccccc2)c1C. The third-order valence-corrected chi connectivity index (χ3v) is 3.50. The van der Waals surface area contributed by atoms with Crippen LogP contribution in [-0.2, 0) is 0 Å². The molecule has 82 valence electrons. The number of rotatable bonds is 2. The van der Waals surface area contributed by atoms with E-state index >= 15 is 0 Å². The Morgan fingerprint density at radius 3 is 2.25 bits per heavy atom. The third kappa shape index (κ3) is 2.12. The second-order valence-electron chi connectivity index (χ2n) is 4.06. The maximum Gasteiger partial charge on any atom is 0.0838 e. The highest BCUT2D eigenvalue weighted by Gasteiger charge is 2.13. The van der Waals surface area contributed by atoms with Crippen molar-refractivity contribution < 1.29 is 0 Å². The van der Waals surface area contributed by atoms with Gasteiger partial charge in [0.1, 0.15) is 0 Å². The minimum absolute atomic E-state index is 0.0545. The van der Waals surface area contributed by atoms with Gasteiger partial charge in [0, 0.05) is 0 Å². The lowest BCUT2D eigenvalue weighted by atomic mass is 9.97. The summed E-state index contributed by atoms with van der Waals surface area (Å²) in [5.74, 6) is 0. The second kappa shape index (κ2) is 4.71. The van der Waals surface area contributed by atoms with E-state index in [9.17, 15) is 0 Å². The molecular weight excluding hydrogens is 216 g/mol. The van der Waals surface area contributed by atoms with Crippen LogP contribution in [0.1, 0.15) is 27.6 Å². The van der Waals surface area contributed by atoms with Gasteiger partial charge in [0.2, 0.25) is 0 Å². The molecule has 0 spiro atoms. The van der Waals surface area contributed by atoms with Gasteiger partial charge in [-0.1, -0.05) is 48.5 Å². The lowest BCUT2D eigenvalue weighted by Gasteiger charge is -2.14. The van der Waals surface area contributed by atoms with Crippen molar-refractivity contribution in [3.05, 3.63) is 70.8 Å². The summed E-state index contributed by atoms with van der Waals surface area (Å²) in [6, 6.07) is 16.5. The molecule has 2 rings (SSSR count). The molecule has 0 fully saturated rings. The lowest BCUT2D eigenvalue weighted by Crippen LogP contribution is -1.97. The van der Waals surface area contributed by atoms with Crippen LogP contribution in [0.25, 0.3) is 0 Å². The number of alkyl halides is 1. The molecule has 16 heavy (non-hydrogen) atoms. The Morgan fingerprint density at radius 1 is 0.875 bits per heavy atom. The van der Waals surface area contributed by atoms with E-state index in [2.05, 4.69) is 44.2 Å². The van der Waals surface area contributed by atoms with Gasteiger partial charge >= 0.3 is 0 Å². The highest BCUT2D eigenvalue weighted by Crippen LogP contribution is 2.31. The average molecular weight is 231 g/mol. The molecule has 0 aromatic heterocycles. The van der Waals surface area contributed by atoms with E-state index in [1.165, 1.54) is 16.7 Å². The predicted octanol–water partition coefficient (Wildman–Crippen LogP) is 4.63. The van der Waals surface area contributed by atoms with Gasteiger partial charge in [0.05, 0.1) is 5.38 Å². The quantitative estimate of drug-likeness (QED) is 0.660. The zero-order valence-electron chi connectivity index (χ0n) is 9.57. The first-order chi connectivity index (χ1) is 7.70. The van der Waals surface area contributed by atoms with Gasteiger partial charge in [0.15, 0.2) is 0 Å². The molecule has 0 amide bonds. The second-order valence-corrected chi connectivity index (χ2v) is 4.50. The van der Waals surface area contributed by atoms with Crippen LogP contribution in [0, 0.1) is 13.8 Å². The summed E-state index contributed by atoms with van der Waals surface area (Å²) < 4.78 is 0. The molecule has 0 heterocycles. The highest BCUT2D eigenvalue weighted by atomic mass is 35.5. The Hall–Kier alpha value is -1.27. The fraction of sp³-hybridized carbons (Fsp3) is 0.200. The third-order valence-electron chi connectivity index (χ3n) is 3.01.